The van der Waals surface area contributed by atoms with Crippen LogP contribution in [0, 0.1) is 11.8 Å². The molecule has 1 aromatic carbocycles. The minimum atomic E-state index is -0.480. The molecular weight excluding hydrogens is 408 g/mol. The predicted octanol–water partition coefficient (Wildman–Crippen LogP) is 4.32. The molecular formula is C21H29BrN2O3. The second-order valence-electron chi connectivity index (χ2n) is 8.68. The summed E-state index contributed by atoms with van der Waals surface area (Å²) >= 11 is 3.49. The smallest absolute Gasteiger partial charge is 0.410 e. The Labute approximate surface area is 170 Å². The van der Waals surface area contributed by atoms with Gasteiger partial charge in [-0.15, -0.1) is 0 Å². The Morgan fingerprint density at radius 3 is 2.81 bits per heavy atom. The molecule has 0 bridgehead atoms. The number of carbonyl (C=O) groups excluding carboxylic acids is 2. The van der Waals surface area contributed by atoms with Crippen LogP contribution < -0.4 is 5.32 Å². The van der Waals surface area contributed by atoms with Crippen molar-refractivity contribution in [3.63, 3.8) is 0 Å². The summed E-state index contributed by atoms with van der Waals surface area (Å²) in [6.45, 7) is 7.64. The van der Waals surface area contributed by atoms with Crippen LogP contribution in [0.5, 0.6) is 0 Å². The van der Waals surface area contributed by atoms with E-state index in [1.54, 1.807) is 4.90 Å². The minimum absolute atomic E-state index is 0.0739. The summed E-state index contributed by atoms with van der Waals surface area (Å²) in [5, 5.41) is 3.11. The highest BCUT2D eigenvalue weighted by Gasteiger charge is 2.44. The lowest BCUT2D eigenvalue weighted by atomic mass is 9.98. The number of piperidine rings is 1. The first-order valence-electron chi connectivity index (χ1n) is 9.74. The fourth-order valence-corrected chi connectivity index (χ4v) is 4.11. The van der Waals surface area contributed by atoms with Crippen LogP contribution in [0.15, 0.2) is 28.7 Å². The van der Waals surface area contributed by atoms with E-state index < -0.39 is 5.60 Å². The van der Waals surface area contributed by atoms with Crippen LogP contribution in [0.2, 0.25) is 0 Å². The van der Waals surface area contributed by atoms with Gasteiger partial charge in [-0.05, 0) is 69.6 Å². The zero-order chi connectivity index (χ0) is 19.6. The lowest BCUT2D eigenvalue weighted by Crippen LogP contribution is -2.45. The second-order valence-corrected chi connectivity index (χ2v) is 9.60. The van der Waals surface area contributed by atoms with Crippen LogP contribution in [0.4, 0.5) is 4.79 Å². The van der Waals surface area contributed by atoms with Crippen LogP contribution in [-0.2, 0) is 9.53 Å². The average Bonchev–Trinajstić information content (AvgIpc) is 3.39. The van der Waals surface area contributed by atoms with Gasteiger partial charge in [0.2, 0.25) is 5.91 Å². The first kappa shape index (κ1) is 20.2. The van der Waals surface area contributed by atoms with E-state index in [4.69, 9.17) is 4.74 Å². The molecule has 1 heterocycles. The van der Waals surface area contributed by atoms with Gasteiger partial charge in [0.25, 0.3) is 0 Å². The molecule has 6 heteroatoms. The summed E-state index contributed by atoms with van der Waals surface area (Å²) in [4.78, 5) is 26.5. The van der Waals surface area contributed by atoms with Gasteiger partial charge in [-0.25, -0.2) is 4.79 Å². The number of benzene rings is 1. The molecule has 148 valence electrons. The molecule has 3 atom stereocenters. The molecule has 27 heavy (non-hydrogen) atoms. The van der Waals surface area contributed by atoms with E-state index in [1.165, 1.54) is 5.56 Å². The number of nitrogens with one attached hydrogen (secondary N) is 1. The van der Waals surface area contributed by atoms with E-state index in [1.807, 2.05) is 32.9 Å². The van der Waals surface area contributed by atoms with Crippen LogP contribution in [-0.4, -0.2) is 42.1 Å². The van der Waals surface area contributed by atoms with Crippen molar-refractivity contribution in [2.45, 2.75) is 51.6 Å². The Bertz CT molecular complexity index is 701. The SMILES string of the molecule is CC(C)(C)OC(=O)N1CCCC(CNC(=O)C2CC2c2cccc(Br)c2)C1. The van der Waals surface area contributed by atoms with Crippen LogP contribution >= 0.6 is 15.9 Å². The molecule has 0 aromatic heterocycles. The van der Waals surface area contributed by atoms with Crippen LogP contribution in [0.1, 0.15) is 51.5 Å². The number of amides is 2. The minimum Gasteiger partial charge on any atom is -0.444 e. The number of ether oxygens (including phenoxy) is 1. The summed E-state index contributed by atoms with van der Waals surface area (Å²) in [6.07, 6.45) is 2.63. The van der Waals surface area contributed by atoms with Crippen molar-refractivity contribution >= 4 is 27.9 Å². The van der Waals surface area contributed by atoms with Gasteiger partial charge in [0, 0.05) is 30.0 Å². The molecule has 1 N–H and O–H groups in total. The van der Waals surface area contributed by atoms with Crippen LogP contribution in [0.25, 0.3) is 0 Å². The van der Waals surface area contributed by atoms with Gasteiger partial charge in [0.15, 0.2) is 0 Å². The third-order valence-corrected chi connectivity index (χ3v) is 5.63. The quantitative estimate of drug-likeness (QED) is 0.764. The molecule has 1 aromatic rings. The highest BCUT2D eigenvalue weighted by molar-refractivity contribution is 9.10. The van der Waals surface area contributed by atoms with Crippen molar-refractivity contribution in [1.29, 1.82) is 0 Å². The number of rotatable bonds is 4. The van der Waals surface area contributed by atoms with E-state index in [9.17, 15) is 9.59 Å². The van der Waals surface area contributed by atoms with Crippen molar-refractivity contribution in [1.82, 2.24) is 10.2 Å². The Morgan fingerprint density at radius 2 is 2.11 bits per heavy atom. The van der Waals surface area contributed by atoms with Gasteiger partial charge in [-0.1, -0.05) is 28.1 Å². The van der Waals surface area contributed by atoms with Crippen LogP contribution in [0.3, 0.4) is 0 Å². The molecule has 0 radical (unpaired) electrons. The molecule has 3 unspecified atom stereocenters. The Balaban J connectivity index is 1.45. The molecule has 0 spiro atoms. The van der Waals surface area contributed by atoms with E-state index in [0.29, 0.717) is 24.9 Å². The van der Waals surface area contributed by atoms with E-state index >= 15 is 0 Å². The van der Waals surface area contributed by atoms with Gasteiger partial charge in [-0.2, -0.15) is 0 Å². The maximum absolute atomic E-state index is 12.5. The average molecular weight is 437 g/mol. The highest BCUT2D eigenvalue weighted by atomic mass is 79.9. The van der Waals surface area contributed by atoms with E-state index in [0.717, 1.165) is 30.3 Å². The summed E-state index contributed by atoms with van der Waals surface area (Å²) in [5.41, 5.74) is 0.740. The van der Waals surface area contributed by atoms with Crippen molar-refractivity contribution in [2.75, 3.05) is 19.6 Å². The summed E-state index contributed by atoms with van der Waals surface area (Å²) in [7, 11) is 0. The predicted molar refractivity (Wildman–Crippen MR) is 109 cm³/mol. The molecule has 1 aliphatic carbocycles. The van der Waals surface area contributed by atoms with Crippen molar-refractivity contribution in [3.05, 3.63) is 34.3 Å². The normalized spacial score (nSPS) is 25.0. The number of halogens is 1. The first-order chi connectivity index (χ1) is 12.7. The third-order valence-electron chi connectivity index (χ3n) is 5.14. The summed E-state index contributed by atoms with van der Waals surface area (Å²) < 4.78 is 6.52. The van der Waals surface area contributed by atoms with Crippen molar-refractivity contribution in [3.8, 4) is 0 Å². The molecule has 1 aliphatic heterocycles. The highest BCUT2D eigenvalue weighted by Crippen LogP contribution is 2.47. The fraction of sp³-hybridized carbons (Fsp3) is 0.619. The first-order valence-corrected chi connectivity index (χ1v) is 10.5. The topological polar surface area (TPSA) is 58.6 Å². The van der Waals surface area contributed by atoms with Gasteiger partial charge in [-0.3, -0.25) is 4.79 Å². The summed E-state index contributed by atoms with van der Waals surface area (Å²) in [5.74, 6) is 0.824. The standard InChI is InChI=1S/C21H29BrN2O3/c1-21(2,3)27-20(26)24-9-5-6-14(13-24)12-23-19(25)18-11-17(18)15-7-4-8-16(22)10-15/h4,7-8,10,14,17-18H,5-6,9,11-13H2,1-3H3,(H,23,25). The molecule has 5 nitrogen and oxygen atoms in total. The number of likely N-dealkylation sites (tertiary alicyclic amines) is 1. The molecule has 2 amide bonds. The van der Waals surface area contributed by atoms with E-state index in [2.05, 4.69) is 33.4 Å². The van der Waals surface area contributed by atoms with Crippen molar-refractivity contribution in [2.24, 2.45) is 11.8 Å². The van der Waals surface area contributed by atoms with Gasteiger partial charge in [0.1, 0.15) is 5.60 Å². The Morgan fingerprint density at radius 1 is 1.33 bits per heavy atom. The Kier molecular flexibility index (Phi) is 6.14. The molecule has 2 fully saturated rings. The van der Waals surface area contributed by atoms with Crippen molar-refractivity contribution < 1.29 is 14.3 Å². The number of carbonyl (C=O) groups is 2. The summed E-state index contributed by atoms with van der Waals surface area (Å²) in [6, 6.07) is 8.20. The third kappa shape index (κ3) is 5.71. The molecule has 2 aliphatic rings. The maximum atomic E-state index is 12.5. The zero-order valence-corrected chi connectivity index (χ0v) is 17.9. The fourth-order valence-electron chi connectivity index (χ4n) is 3.69. The van der Waals surface area contributed by atoms with Gasteiger partial charge < -0.3 is 15.0 Å². The second kappa shape index (κ2) is 8.21. The molecule has 3 rings (SSSR count). The maximum Gasteiger partial charge on any atom is 0.410 e. The zero-order valence-electron chi connectivity index (χ0n) is 16.3. The lowest BCUT2D eigenvalue weighted by Gasteiger charge is -2.34. The number of nitrogens with zero attached hydrogens (tertiary/aromatic N) is 1. The number of hydrogen-bond acceptors (Lipinski definition) is 3. The van der Waals surface area contributed by atoms with E-state index in [-0.39, 0.29) is 17.9 Å². The molecule has 1 saturated carbocycles. The monoisotopic (exact) mass is 436 g/mol. The van der Waals surface area contributed by atoms with Gasteiger partial charge >= 0.3 is 6.09 Å². The largest absolute Gasteiger partial charge is 0.444 e. The number of hydrogen-bond donors (Lipinski definition) is 1. The molecule has 1 saturated heterocycles. The van der Waals surface area contributed by atoms with Gasteiger partial charge in [0.05, 0.1) is 0 Å². The lowest BCUT2D eigenvalue weighted by molar-refractivity contribution is -0.122. The Hall–Kier alpha value is -1.56.